The molecule has 0 spiro atoms. The van der Waals surface area contributed by atoms with E-state index in [-0.39, 0.29) is 13.1 Å². The molecular formula is C18H16F3N5O2S2. The van der Waals surface area contributed by atoms with Crippen molar-refractivity contribution < 1.29 is 21.6 Å². The van der Waals surface area contributed by atoms with Gasteiger partial charge in [-0.15, -0.1) is 11.3 Å². The second-order valence-electron chi connectivity index (χ2n) is 6.62. The van der Waals surface area contributed by atoms with Crippen molar-refractivity contribution in [2.24, 2.45) is 0 Å². The van der Waals surface area contributed by atoms with Gasteiger partial charge in [-0.25, -0.2) is 23.4 Å². The van der Waals surface area contributed by atoms with Gasteiger partial charge in [0.15, 0.2) is 5.13 Å². The molecule has 2 aromatic heterocycles. The second-order valence-corrected chi connectivity index (χ2v) is 9.45. The Bertz CT molecular complexity index is 1180. The molecule has 3 aromatic rings. The zero-order valence-corrected chi connectivity index (χ0v) is 17.3. The molecule has 1 aliphatic rings. The predicted molar refractivity (Wildman–Crippen MR) is 105 cm³/mol. The molecule has 7 nitrogen and oxygen atoms in total. The molecular weight excluding hydrogens is 439 g/mol. The Morgan fingerprint density at radius 2 is 2.03 bits per heavy atom. The molecule has 0 saturated heterocycles. The van der Waals surface area contributed by atoms with E-state index in [1.54, 1.807) is 18.5 Å². The van der Waals surface area contributed by atoms with Gasteiger partial charge >= 0.3 is 6.18 Å². The number of halogens is 3. The van der Waals surface area contributed by atoms with E-state index in [1.807, 2.05) is 0 Å². The molecule has 0 saturated carbocycles. The van der Waals surface area contributed by atoms with E-state index in [9.17, 15) is 21.6 Å². The SMILES string of the molecule is Cc1nc2c(c(Nc3nccs3)n1)CN(S(=O)(=O)c1cccc(C(F)(F)F)c1)CC2. The van der Waals surface area contributed by atoms with E-state index < -0.39 is 26.7 Å². The van der Waals surface area contributed by atoms with Crippen LogP contribution in [0.3, 0.4) is 0 Å². The summed E-state index contributed by atoms with van der Waals surface area (Å²) < 4.78 is 66.4. The lowest BCUT2D eigenvalue weighted by atomic mass is 10.1. The van der Waals surface area contributed by atoms with Crippen LogP contribution in [0.2, 0.25) is 0 Å². The zero-order chi connectivity index (χ0) is 21.5. The number of sulfonamides is 1. The number of anilines is 2. The molecule has 0 bridgehead atoms. The monoisotopic (exact) mass is 455 g/mol. The van der Waals surface area contributed by atoms with E-state index in [2.05, 4.69) is 20.3 Å². The summed E-state index contributed by atoms with van der Waals surface area (Å²) in [5.41, 5.74) is 0.278. The number of benzene rings is 1. The first-order valence-electron chi connectivity index (χ1n) is 8.85. The van der Waals surface area contributed by atoms with E-state index in [4.69, 9.17) is 0 Å². The van der Waals surface area contributed by atoms with Crippen molar-refractivity contribution >= 4 is 32.3 Å². The third-order valence-corrected chi connectivity index (χ3v) is 7.12. The number of aromatic nitrogens is 3. The van der Waals surface area contributed by atoms with Crippen LogP contribution in [0.1, 0.15) is 22.6 Å². The Morgan fingerprint density at radius 3 is 2.73 bits per heavy atom. The molecule has 1 aromatic carbocycles. The fourth-order valence-electron chi connectivity index (χ4n) is 3.19. The van der Waals surface area contributed by atoms with Crippen LogP contribution < -0.4 is 5.32 Å². The first-order chi connectivity index (χ1) is 14.1. The normalized spacial score (nSPS) is 15.1. The van der Waals surface area contributed by atoms with E-state index in [0.717, 1.165) is 16.4 Å². The van der Waals surface area contributed by atoms with Gasteiger partial charge in [0.1, 0.15) is 11.6 Å². The summed E-state index contributed by atoms with van der Waals surface area (Å²) in [6.07, 6.45) is -2.68. The van der Waals surface area contributed by atoms with Crippen molar-refractivity contribution in [3.63, 3.8) is 0 Å². The fraction of sp³-hybridized carbons (Fsp3) is 0.278. The molecule has 3 heterocycles. The van der Waals surface area contributed by atoms with Crippen molar-refractivity contribution in [1.82, 2.24) is 19.3 Å². The minimum absolute atomic E-state index is 0.0537. The number of nitrogens with zero attached hydrogens (tertiary/aromatic N) is 4. The number of alkyl halides is 3. The van der Waals surface area contributed by atoms with Crippen molar-refractivity contribution in [2.45, 2.75) is 31.0 Å². The second kappa shape index (κ2) is 7.60. The highest BCUT2D eigenvalue weighted by molar-refractivity contribution is 7.89. The summed E-state index contributed by atoms with van der Waals surface area (Å²) in [5.74, 6) is 0.971. The number of aryl methyl sites for hydroxylation is 1. The third-order valence-electron chi connectivity index (χ3n) is 4.59. The van der Waals surface area contributed by atoms with Gasteiger partial charge in [0.05, 0.1) is 16.2 Å². The standard InChI is InChI=1S/C18H16F3N5O2S2/c1-11-23-15-5-7-26(10-14(15)16(24-11)25-17-22-6-8-29-17)30(27,28)13-4-2-3-12(9-13)18(19,20)21/h2-4,6,8-9H,5,7,10H2,1H3,(H,22,23,24,25). The third kappa shape index (κ3) is 4.02. The average Bonchev–Trinajstić information content (AvgIpc) is 3.20. The topological polar surface area (TPSA) is 88.1 Å². The van der Waals surface area contributed by atoms with Gasteiger partial charge in [-0.3, -0.25) is 0 Å². The Morgan fingerprint density at radius 1 is 1.23 bits per heavy atom. The smallest absolute Gasteiger partial charge is 0.316 e. The van der Waals surface area contributed by atoms with E-state index >= 15 is 0 Å². The highest BCUT2D eigenvalue weighted by Gasteiger charge is 2.35. The lowest BCUT2D eigenvalue weighted by Gasteiger charge is -2.29. The van der Waals surface area contributed by atoms with Crippen LogP contribution in [-0.4, -0.2) is 34.2 Å². The predicted octanol–water partition coefficient (Wildman–Crippen LogP) is 3.75. The first-order valence-corrected chi connectivity index (χ1v) is 11.2. The van der Waals surface area contributed by atoms with Gasteiger partial charge in [-0.2, -0.15) is 17.5 Å². The van der Waals surface area contributed by atoms with Gasteiger partial charge in [0.2, 0.25) is 10.0 Å². The average molecular weight is 455 g/mol. The van der Waals surface area contributed by atoms with Gasteiger partial charge in [0.25, 0.3) is 0 Å². The minimum Gasteiger partial charge on any atom is -0.316 e. The van der Waals surface area contributed by atoms with Crippen LogP contribution in [0, 0.1) is 6.92 Å². The molecule has 30 heavy (non-hydrogen) atoms. The summed E-state index contributed by atoms with van der Waals surface area (Å²) in [7, 11) is -4.14. The molecule has 0 aliphatic carbocycles. The summed E-state index contributed by atoms with van der Waals surface area (Å²) in [5, 5.41) is 5.46. The maximum atomic E-state index is 13.1. The molecule has 0 atom stereocenters. The highest BCUT2D eigenvalue weighted by atomic mass is 32.2. The Kier molecular flexibility index (Phi) is 5.24. The van der Waals surface area contributed by atoms with Crippen LogP contribution >= 0.6 is 11.3 Å². The zero-order valence-electron chi connectivity index (χ0n) is 15.6. The van der Waals surface area contributed by atoms with Crippen molar-refractivity contribution in [1.29, 1.82) is 0 Å². The molecule has 0 fully saturated rings. The molecule has 1 aliphatic heterocycles. The first kappa shape index (κ1) is 20.7. The van der Waals surface area contributed by atoms with Crippen LogP contribution in [0.25, 0.3) is 0 Å². The Labute approximate surface area is 174 Å². The van der Waals surface area contributed by atoms with Crippen molar-refractivity contribution in [3.05, 3.63) is 58.5 Å². The minimum atomic E-state index is -4.63. The number of hydrogen-bond acceptors (Lipinski definition) is 7. The highest BCUT2D eigenvalue weighted by Crippen LogP contribution is 2.33. The number of thiazole rings is 1. The summed E-state index contributed by atoms with van der Waals surface area (Å²) >= 11 is 1.36. The maximum Gasteiger partial charge on any atom is 0.416 e. The molecule has 0 amide bonds. The quantitative estimate of drug-likeness (QED) is 0.645. The number of fused-ring (bicyclic) bond motifs is 1. The van der Waals surface area contributed by atoms with Crippen LogP contribution in [0.4, 0.5) is 24.1 Å². The summed E-state index contributed by atoms with van der Waals surface area (Å²) in [4.78, 5) is 12.5. The van der Waals surface area contributed by atoms with Crippen LogP contribution in [-0.2, 0) is 29.2 Å². The molecule has 4 rings (SSSR count). The number of rotatable bonds is 4. The lowest BCUT2D eigenvalue weighted by molar-refractivity contribution is -0.137. The number of nitrogens with one attached hydrogen (secondary N) is 1. The van der Waals surface area contributed by atoms with E-state index in [0.29, 0.717) is 40.5 Å². The summed E-state index contributed by atoms with van der Waals surface area (Å²) in [6.45, 7) is 1.79. The fourth-order valence-corrected chi connectivity index (χ4v) is 5.17. The van der Waals surface area contributed by atoms with Crippen LogP contribution in [0.15, 0.2) is 40.7 Å². The molecule has 0 radical (unpaired) electrons. The Balaban J connectivity index is 1.68. The lowest BCUT2D eigenvalue weighted by Crippen LogP contribution is -2.37. The van der Waals surface area contributed by atoms with Gasteiger partial charge in [-0.05, 0) is 25.1 Å². The van der Waals surface area contributed by atoms with Gasteiger partial charge in [-0.1, -0.05) is 6.07 Å². The van der Waals surface area contributed by atoms with Gasteiger partial charge < -0.3 is 5.32 Å². The molecule has 1 N–H and O–H groups in total. The largest absolute Gasteiger partial charge is 0.416 e. The summed E-state index contributed by atoms with van der Waals surface area (Å²) in [6, 6.07) is 3.76. The maximum absolute atomic E-state index is 13.1. The van der Waals surface area contributed by atoms with Crippen molar-refractivity contribution in [3.8, 4) is 0 Å². The molecule has 158 valence electrons. The molecule has 12 heteroatoms. The van der Waals surface area contributed by atoms with Gasteiger partial charge in [0, 0.05) is 36.7 Å². The van der Waals surface area contributed by atoms with Crippen LogP contribution in [0.5, 0.6) is 0 Å². The van der Waals surface area contributed by atoms with Crippen molar-refractivity contribution in [2.75, 3.05) is 11.9 Å². The Hall–Kier alpha value is -2.57. The van der Waals surface area contributed by atoms with E-state index in [1.165, 1.54) is 17.4 Å². The number of hydrogen-bond donors (Lipinski definition) is 1. The molecule has 0 unspecified atom stereocenters.